The van der Waals surface area contributed by atoms with Crippen molar-refractivity contribution in [2.24, 2.45) is 0 Å². The van der Waals surface area contributed by atoms with Crippen molar-refractivity contribution in [3.63, 3.8) is 0 Å². The molecule has 1 nitrogen and oxygen atoms in total. The molecule has 0 atom stereocenters. The molecule has 1 heteroatoms. The van der Waals surface area contributed by atoms with Crippen LogP contribution in [0.25, 0.3) is 77.9 Å². The van der Waals surface area contributed by atoms with Gasteiger partial charge < -0.3 is 4.90 Å². The molecule has 0 heterocycles. The van der Waals surface area contributed by atoms with Crippen LogP contribution in [0.3, 0.4) is 0 Å². The molecule has 334 valence electrons. The van der Waals surface area contributed by atoms with E-state index in [-0.39, 0.29) is 5.41 Å². The Bertz CT molecular complexity index is 3850. The first kappa shape index (κ1) is 41.2. The Balaban J connectivity index is 1.07. The van der Waals surface area contributed by atoms with Crippen LogP contribution in [-0.4, -0.2) is 0 Å². The Hall–Kier alpha value is -8.78. The molecule has 0 saturated carbocycles. The lowest BCUT2D eigenvalue weighted by Crippen LogP contribution is -2.26. The van der Waals surface area contributed by atoms with Gasteiger partial charge in [-0.2, -0.15) is 0 Å². The van der Waals surface area contributed by atoms with E-state index in [1.807, 2.05) is 0 Å². The molecule has 3 aliphatic rings. The highest BCUT2D eigenvalue weighted by Crippen LogP contribution is 2.64. The highest BCUT2D eigenvalue weighted by atomic mass is 15.1. The van der Waals surface area contributed by atoms with E-state index in [4.69, 9.17) is 0 Å². The number of rotatable bonds is 7. The molecule has 0 aromatic heterocycles. The molecule has 0 fully saturated rings. The number of hydrogen-bond donors (Lipinski definition) is 0. The van der Waals surface area contributed by atoms with Crippen LogP contribution in [0.15, 0.2) is 261 Å². The second kappa shape index (κ2) is 15.9. The molecule has 0 aliphatic heterocycles. The third kappa shape index (κ3) is 6.00. The second-order valence-electron chi connectivity index (χ2n) is 19.9. The first-order chi connectivity index (χ1) is 35.0. The Morgan fingerprint density at radius 1 is 0.268 bits per heavy atom. The van der Waals surface area contributed by atoms with E-state index in [9.17, 15) is 0 Å². The standard InChI is InChI=1S/C70H49N/c1-69(2)61-37-15-11-32-57(61)60-36-20-35-53(68(60)69)48-26-19-27-49(44-48)71(66-41-21-34-52(47-24-7-4-8-25-47)67(66)59-33-10-9-28-51(59)46-22-5-3-6-23-46)50-42-43-58-56-31-14-18-40-64(56)70(65(58)45-50)62-38-16-12-29-54(62)55-30-13-17-39-63(55)70/h3-45H,1-2H3. The molecular weight excluding hydrogens is 855 g/mol. The zero-order valence-electron chi connectivity index (χ0n) is 39.8. The van der Waals surface area contributed by atoms with E-state index in [1.54, 1.807) is 0 Å². The summed E-state index contributed by atoms with van der Waals surface area (Å²) in [5.74, 6) is 0. The average Bonchev–Trinajstić information content (AvgIpc) is 4.00. The van der Waals surface area contributed by atoms with E-state index >= 15 is 0 Å². The summed E-state index contributed by atoms with van der Waals surface area (Å²) in [5.41, 5.74) is 28.1. The minimum Gasteiger partial charge on any atom is -0.310 e. The quantitative estimate of drug-likeness (QED) is 0.154. The van der Waals surface area contributed by atoms with Crippen molar-refractivity contribution < 1.29 is 0 Å². The van der Waals surface area contributed by atoms with Crippen LogP contribution >= 0.6 is 0 Å². The molecule has 0 unspecified atom stereocenters. The van der Waals surface area contributed by atoms with Crippen molar-refractivity contribution in [1.29, 1.82) is 0 Å². The summed E-state index contributed by atoms with van der Waals surface area (Å²) in [7, 11) is 0. The van der Waals surface area contributed by atoms with Gasteiger partial charge >= 0.3 is 0 Å². The molecule has 0 radical (unpaired) electrons. The van der Waals surface area contributed by atoms with Crippen molar-refractivity contribution in [2.45, 2.75) is 24.7 Å². The maximum atomic E-state index is 2.56. The van der Waals surface area contributed by atoms with E-state index in [0.717, 1.165) is 17.1 Å². The summed E-state index contributed by atoms with van der Waals surface area (Å²) in [6.07, 6.45) is 0. The van der Waals surface area contributed by atoms with Gasteiger partial charge in [0.1, 0.15) is 0 Å². The molecule has 0 amide bonds. The number of anilines is 3. The molecule has 0 N–H and O–H groups in total. The fourth-order valence-corrected chi connectivity index (χ4v) is 13.0. The molecule has 11 aromatic rings. The van der Waals surface area contributed by atoms with Gasteiger partial charge in [0.2, 0.25) is 0 Å². The molecule has 3 aliphatic carbocycles. The number of hydrogen-bond acceptors (Lipinski definition) is 1. The predicted molar refractivity (Wildman–Crippen MR) is 297 cm³/mol. The SMILES string of the molecule is CC1(C)c2ccccc2-c2cccc(-c3cccc(N(c4ccc5c(c4)C4(c6ccccc6-c6ccccc64)c4ccccc4-5)c4cccc(-c5ccccc5)c4-c4ccccc4-c4ccccc4)c3)c21. The summed E-state index contributed by atoms with van der Waals surface area (Å²) >= 11 is 0. The summed E-state index contributed by atoms with van der Waals surface area (Å²) < 4.78 is 0. The molecule has 11 aromatic carbocycles. The first-order valence-corrected chi connectivity index (χ1v) is 24.9. The molecule has 1 spiro atoms. The van der Waals surface area contributed by atoms with Gasteiger partial charge in [-0.1, -0.05) is 244 Å². The average molecular weight is 904 g/mol. The number of benzene rings is 11. The third-order valence-electron chi connectivity index (χ3n) is 15.9. The topological polar surface area (TPSA) is 3.24 Å². The largest absolute Gasteiger partial charge is 0.310 e. The minimum atomic E-state index is -0.498. The van der Waals surface area contributed by atoms with E-state index < -0.39 is 5.41 Å². The van der Waals surface area contributed by atoms with Crippen LogP contribution in [0.2, 0.25) is 0 Å². The highest BCUT2D eigenvalue weighted by Gasteiger charge is 2.51. The van der Waals surface area contributed by atoms with E-state index in [0.29, 0.717) is 0 Å². The summed E-state index contributed by atoms with van der Waals surface area (Å²) in [6.45, 7) is 4.78. The van der Waals surface area contributed by atoms with Gasteiger partial charge in [0.25, 0.3) is 0 Å². The first-order valence-electron chi connectivity index (χ1n) is 24.9. The lowest BCUT2D eigenvalue weighted by atomic mass is 9.70. The lowest BCUT2D eigenvalue weighted by Gasteiger charge is -2.33. The number of nitrogens with zero attached hydrogens (tertiary/aromatic N) is 1. The molecular formula is C70H49N. The maximum Gasteiger partial charge on any atom is 0.0726 e. The smallest absolute Gasteiger partial charge is 0.0726 e. The van der Waals surface area contributed by atoms with Crippen LogP contribution in [-0.2, 0) is 10.8 Å². The normalized spacial score (nSPS) is 13.7. The zero-order chi connectivity index (χ0) is 47.3. The monoisotopic (exact) mass is 903 g/mol. The third-order valence-corrected chi connectivity index (χ3v) is 15.9. The van der Waals surface area contributed by atoms with Gasteiger partial charge in [0.15, 0.2) is 0 Å². The predicted octanol–water partition coefficient (Wildman–Crippen LogP) is 18.5. The van der Waals surface area contributed by atoms with Crippen molar-refractivity contribution in [2.75, 3.05) is 4.90 Å². The van der Waals surface area contributed by atoms with E-state index in [1.165, 1.54) is 111 Å². The number of fused-ring (bicyclic) bond motifs is 13. The van der Waals surface area contributed by atoms with Crippen LogP contribution in [0.1, 0.15) is 47.2 Å². The van der Waals surface area contributed by atoms with Crippen LogP contribution in [0.5, 0.6) is 0 Å². The fraction of sp³-hybridized carbons (Fsp3) is 0.0571. The Labute approximate surface area is 416 Å². The van der Waals surface area contributed by atoms with Gasteiger partial charge in [0, 0.05) is 22.4 Å². The van der Waals surface area contributed by atoms with Crippen LogP contribution in [0.4, 0.5) is 17.1 Å². The van der Waals surface area contributed by atoms with Gasteiger partial charge in [-0.05, 0) is 136 Å². The summed E-state index contributed by atoms with van der Waals surface area (Å²) in [5, 5.41) is 0. The fourth-order valence-electron chi connectivity index (χ4n) is 13.0. The van der Waals surface area contributed by atoms with Crippen molar-refractivity contribution in [3.8, 4) is 77.9 Å². The highest BCUT2D eigenvalue weighted by molar-refractivity contribution is 6.03. The molecule has 0 bridgehead atoms. The zero-order valence-corrected chi connectivity index (χ0v) is 39.8. The summed E-state index contributed by atoms with van der Waals surface area (Å²) in [4.78, 5) is 2.56. The van der Waals surface area contributed by atoms with Gasteiger partial charge in [-0.3, -0.25) is 0 Å². The molecule has 71 heavy (non-hydrogen) atoms. The second-order valence-corrected chi connectivity index (χ2v) is 19.9. The Kier molecular flexibility index (Phi) is 9.22. The summed E-state index contributed by atoms with van der Waals surface area (Å²) in [6, 6.07) is 97.4. The van der Waals surface area contributed by atoms with Gasteiger partial charge in [-0.25, -0.2) is 0 Å². The minimum absolute atomic E-state index is 0.173. The van der Waals surface area contributed by atoms with Crippen molar-refractivity contribution in [3.05, 3.63) is 294 Å². The maximum absolute atomic E-state index is 2.56. The van der Waals surface area contributed by atoms with Crippen LogP contribution in [0, 0.1) is 0 Å². The molecule has 14 rings (SSSR count). The molecule has 0 saturated heterocycles. The lowest BCUT2D eigenvalue weighted by molar-refractivity contribution is 0.662. The van der Waals surface area contributed by atoms with E-state index in [2.05, 4.69) is 280 Å². The van der Waals surface area contributed by atoms with Crippen LogP contribution < -0.4 is 4.90 Å². The van der Waals surface area contributed by atoms with Crippen molar-refractivity contribution in [1.82, 2.24) is 0 Å². The Morgan fingerprint density at radius 2 is 0.690 bits per heavy atom. The van der Waals surface area contributed by atoms with Gasteiger partial charge in [0.05, 0.1) is 11.1 Å². The van der Waals surface area contributed by atoms with Gasteiger partial charge in [-0.15, -0.1) is 0 Å². The Morgan fingerprint density at radius 3 is 1.32 bits per heavy atom. The van der Waals surface area contributed by atoms with Crippen molar-refractivity contribution >= 4 is 17.1 Å².